The first-order chi connectivity index (χ1) is 20.7. The normalized spacial score (nSPS) is 16.5. The standard InChI is InChI=1S/C28H43N4O4P.C3H7IO2/c1-22(2)32(23(3)4)37(35-21-11-16-29)36-24-14-19-30(20-15-24)17-9-5-6-10-18-31-27(33)25-12-7-8-13-26(25)28(31)34;1-2-3-5-6-4/h7-8,12-13,22-24H,5-6,9-11,14-15,17-21H2,1-4H3;2-3H2,1H3. The molecule has 12 heteroatoms. The summed E-state index contributed by atoms with van der Waals surface area (Å²) < 4.78 is 19.1. The highest BCUT2D eigenvalue weighted by atomic mass is 127. The summed E-state index contributed by atoms with van der Waals surface area (Å²) in [5.74, 6) is -0.315. The van der Waals surface area contributed by atoms with Crippen molar-refractivity contribution in [2.45, 2.75) is 104 Å². The molecule has 0 spiro atoms. The van der Waals surface area contributed by atoms with Gasteiger partial charge in [-0.25, -0.2) is 9.56 Å². The van der Waals surface area contributed by atoms with Crippen LogP contribution in [0.25, 0.3) is 0 Å². The van der Waals surface area contributed by atoms with E-state index in [1.807, 2.05) is 6.92 Å². The highest BCUT2D eigenvalue weighted by Crippen LogP contribution is 2.48. The number of nitrogens with zero attached hydrogens (tertiary/aromatic N) is 4. The van der Waals surface area contributed by atoms with Crippen molar-refractivity contribution in [2.75, 3.05) is 39.4 Å². The van der Waals surface area contributed by atoms with E-state index in [4.69, 9.17) is 14.3 Å². The lowest BCUT2D eigenvalue weighted by Gasteiger charge is -2.39. The molecule has 2 amide bonds. The lowest BCUT2D eigenvalue weighted by atomic mass is 10.1. The van der Waals surface area contributed by atoms with Gasteiger partial charge in [-0.1, -0.05) is 31.9 Å². The summed E-state index contributed by atoms with van der Waals surface area (Å²) in [5.41, 5.74) is 1.06. The summed E-state index contributed by atoms with van der Waals surface area (Å²) in [6.07, 6.45) is 7.61. The first kappa shape index (κ1) is 38.0. The maximum absolute atomic E-state index is 12.5. The van der Waals surface area contributed by atoms with E-state index in [0.717, 1.165) is 64.6 Å². The zero-order valence-electron chi connectivity index (χ0n) is 26.5. The number of halogens is 1. The molecular weight excluding hydrogens is 682 g/mol. The number of rotatable bonds is 18. The number of hydrogen-bond acceptors (Lipinski definition) is 9. The number of imide groups is 1. The predicted molar refractivity (Wildman–Crippen MR) is 177 cm³/mol. The van der Waals surface area contributed by atoms with E-state index in [1.165, 1.54) is 4.90 Å². The summed E-state index contributed by atoms with van der Waals surface area (Å²) in [6, 6.07) is 9.85. The van der Waals surface area contributed by atoms with E-state index in [2.05, 4.69) is 51.4 Å². The van der Waals surface area contributed by atoms with Crippen LogP contribution in [0.4, 0.5) is 0 Å². The van der Waals surface area contributed by atoms with Gasteiger partial charge in [-0.15, -0.1) is 0 Å². The Morgan fingerprint density at radius 3 is 2.05 bits per heavy atom. The fourth-order valence-electron chi connectivity index (χ4n) is 5.18. The maximum atomic E-state index is 12.5. The topological polar surface area (TPSA) is 105 Å². The van der Waals surface area contributed by atoms with Crippen molar-refractivity contribution < 1.29 is 26.7 Å². The van der Waals surface area contributed by atoms with Crippen molar-refractivity contribution in [3.8, 4) is 6.07 Å². The molecular formula is C31H50IN4O6P. The molecule has 10 nitrogen and oxygen atoms in total. The SMILES string of the molecule is CC(C)N(C(C)C)P(OCCC#N)OC1CCN(CCCCCCN2C(=O)c3ccccc3C2=O)CC1.CCCOOI. The third-order valence-corrected chi connectivity index (χ3v) is 9.69. The Bertz CT molecular complexity index is 956. The quantitative estimate of drug-likeness (QED) is 0.0384. The molecule has 0 saturated carbocycles. The first-order valence-electron chi connectivity index (χ1n) is 15.6. The molecule has 1 fully saturated rings. The van der Waals surface area contributed by atoms with Gasteiger partial charge in [0.15, 0.2) is 23.0 Å². The molecule has 0 aliphatic carbocycles. The van der Waals surface area contributed by atoms with Gasteiger partial charge < -0.3 is 13.9 Å². The molecule has 2 heterocycles. The third-order valence-electron chi connectivity index (χ3n) is 7.25. The molecule has 0 aromatic heterocycles. The summed E-state index contributed by atoms with van der Waals surface area (Å²) in [5, 5.41) is 8.90. The number of fused-ring (bicyclic) bond motifs is 1. The van der Waals surface area contributed by atoms with Gasteiger partial charge in [-0.05, 0) is 78.5 Å². The van der Waals surface area contributed by atoms with Gasteiger partial charge in [0.1, 0.15) is 0 Å². The van der Waals surface area contributed by atoms with Crippen molar-refractivity contribution in [3.05, 3.63) is 35.4 Å². The zero-order chi connectivity index (χ0) is 31.6. The Labute approximate surface area is 273 Å². The zero-order valence-corrected chi connectivity index (χ0v) is 29.6. The van der Waals surface area contributed by atoms with Crippen molar-refractivity contribution in [1.29, 1.82) is 5.26 Å². The van der Waals surface area contributed by atoms with Gasteiger partial charge in [0.05, 0.1) is 42.9 Å². The molecule has 242 valence electrons. The van der Waals surface area contributed by atoms with Gasteiger partial charge in [-0.2, -0.15) is 8.48 Å². The van der Waals surface area contributed by atoms with E-state index in [1.54, 1.807) is 47.3 Å². The number of piperidine rings is 1. The maximum Gasteiger partial charge on any atom is 0.261 e. The van der Waals surface area contributed by atoms with Crippen LogP contribution in [0.3, 0.4) is 0 Å². The van der Waals surface area contributed by atoms with Crippen LogP contribution in [0.1, 0.15) is 107 Å². The van der Waals surface area contributed by atoms with Crippen molar-refractivity contribution >= 4 is 43.3 Å². The molecule has 2 aliphatic heterocycles. The summed E-state index contributed by atoms with van der Waals surface area (Å²) in [7, 11) is -1.18. The minimum Gasteiger partial charge on any atom is -0.321 e. The van der Waals surface area contributed by atoms with Crippen LogP contribution in [-0.4, -0.2) is 83.9 Å². The largest absolute Gasteiger partial charge is 0.321 e. The molecule has 0 bridgehead atoms. The Hall–Kier alpha value is -1.23. The average Bonchev–Trinajstić information content (AvgIpc) is 3.23. The predicted octanol–water partition coefficient (Wildman–Crippen LogP) is 7.29. The Balaban J connectivity index is 0.000000973. The van der Waals surface area contributed by atoms with Crippen LogP contribution < -0.4 is 0 Å². The van der Waals surface area contributed by atoms with Crippen LogP contribution in [-0.2, 0) is 17.2 Å². The van der Waals surface area contributed by atoms with E-state index in [0.29, 0.717) is 49.4 Å². The van der Waals surface area contributed by atoms with Gasteiger partial charge in [0.25, 0.3) is 20.3 Å². The molecule has 1 atom stereocenters. The number of benzene rings is 1. The molecule has 2 aliphatic rings. The second-order valence-corrected chi connectivity index (χ2v) is 13.1. The lowest BCUT2D eigenvalue weighted by molar-refractivity contribution is -0.165. The fourth-order valence-corrected chi connectivity index (χ4v) is 7.13. The monoisotopic (exact) mass is 732 g/mol. The summed E-state index contributed by atoms with van der Waals surface area (Å²) in [6.45, 7) is 15.4. The van der Waals surface area contributed by atoms with Gasteiger partial charge in [-0.3, -0.25) is 14.5 Å². The number of unbranched alkanes of at least 4 members (excludes halogenated alkanes) is 3. The number of carbonyl (C=O) groups is 2. The Morgan fingerprint density at radius 1 is 0.977 bits per heavy atom. The summed E-state index contributed by atoms with van der Waals surface area (Å²) >= 11 is 1.69. The van der Waals surface area contributed by atoms with Crippen molar-refractivity contribution in [3.63, 3.8) is 0 Å². The average molecular weight is 733 g/mol. The van der Waals surface area contributed by atoms with Crippen LogP contribution in [0.15, 0.2) is 24.3 Å². The number of hydrogen-bond donors (Lipinski definition) is 0. The lowest BCUT2D eigenvalue weighted by Crippen LogP contribution is -2.39. The minimum atomic E-state index is -1.18. The summed E-state index contributed by atoms with van der Waals surface area (Å²) in [4.78, 5) is 33.3. The van der Waals surface area contributed by atoms with Crippen LogP contribution in [0, 0.1) is 11.3 Å². The number of likely N-dealkylation sites (tertiary alicyclic amines) is 1. The Morgan fingerprint density at radius 2 is 1.56 bits per heavy atom. The molecule has 1 aromatic rings. The fraction of sp³-hybridized carbons (Fsp3) is 0.710. The first-order valence-corrected chi connectivity index (χ1v) is 17.6. The highest BCUT2D eigenvalue weighted by molar-refractivity contribution is 14.1. The van der Waals surface area contributed by atoms with E-state index in [9.17, 15) is 9.59 Å². The molecule has 43 heavy (non-hydrogen) atoms. The van der Waals surface area contributed by atoms with Crippen LogP contribution >= 0.6 is 31.5 Å². The minimum absolute atomic E-state index is 0.158. The third kappa shape index (κ3) is 13.0. The second kappa shape index (κ2) is 21.5. The van der Waals surface area contributed by atoms with Gasteiger partial charge in [0.2, 0.25) is 0 Å². The van der Waals surface area contributed by atoms with E-state index < -0.39 is 8.53 Å². The molecule has 0 radical (unpaired) electrons. The Kier molecular flexibility index (Phi) is 19.0. The molecule has 1 aromatic carbocycles. The van der Waals surface area contributed by atoms with E-state index >= 15 is 0 Å². The number of amides is 2. The highest BCUT2D eigenvalue weighted by Gasteiger charge is 2.34. The van der Waals surface area contributed by atoms with Crippen LogP contribution in [0.2, 0.25) is 0 Å². The number of carbonyl (C=O) groups excluding carboxylic acids is 2. The van der Waals surface area contributed by atoms with Crippen molar-refractivity contribution in [2.24, 2.45) is 0 Å². The van der Waals surface area contributed by atoms with E-state index in [-0.39, 0.29) is 17.9 Å². The number of nitriles is 1. The molecule has 1 unspecified atom stereocenters. The molecule has 1 saturated heterocycles. The van der Waals surface area contributed by atoms with Gasteiger partial charge >= 0.3 is 0 Å². The van der Waals surface area contributed by atoms with Crippen LogP contribution in [0.5, 0.6) is 0 Å². The van der Waals surface area contributed by atoms with Crippen molar-refractivity contribution in [1.82, 2.24) is 14.5 Å². The molecule has 0 N–H and O–H groups in total. The molecule has 3 rings (SSSR count). The van der Waals surface area contributed by atoms with Gasteiger partial charge in [0, 0.05) is 31.7 Å². The second-order valence-electron chi connectivity index (χ2n) is 11.3. The smallest absolute Gasteiger partial charge is 0.261 e.